The molecule has 0 aliphatic heterocycles. The highest BCUT2D eigenvalue weighted by atomic mass is 14.8. The minimum atomic E-state index is 0.872. The molecule has 2 aromatic heterocycles. The first kappa shape index (κ1) is 19.5. The summed E-state index contributed by atoms with van der Waals surface area (Å²) in [6.07, 6.45) is 12.1. The van der Waals surface area contributed by atoms with Gasteiger partial charge in [-0.15, -0.1) is 0 Å². The molecule has 0 spiro atoms. The summed E-state index contributed by atoms with van der Waals surface area (Å²) in [6, 6.07) is 25.1. The number of benzene rings is 2. The first-order chi connectivity index (χ1) is 14.7. The molecule has 30 heavy (non-hydrogen) atoms. The Bertz CT molecular complexity index is 1050. The molecule has 2 nitrogen and oxygen atoms in total. The van der Waals surface area contributed by atoms with Crippen LogP contribution in [0.15, 0.2) is 85.2 Å². The van der Waals surface area contributed by atoms with Crippen molar-refractivity contribution in [3.63, 3.8) is 0 Å². The Morgan fingerprint density at radius 3 is 1.10 bits per heavy atom. The molecule has 2 aromatic carbocycles. The molecule has 0 fully saturated rings. The fourth-order valence-electron chi connectivity index (χ4n) is 3.05. The van der Waals surface area contributed by atoms with Gasteiger partial charge in [0.1, 0.15) is 0 Å². The van der Waals surface area contributed by atoms with Gasteiger partial charge in [0.05, 0.1) is 11.4 Å². The van der Waals surface area contributed by atoms with Crippen LogP contribution in [-0.2, 0) is 0 Å². The van der Waals surface area contributed by atoms with Gasteiger partial charge >= 0.3 is 0 Å². The zero-order chi connectivity index (χ0) is 20.8. The van der Waals surface area contributed by atoms with E-state index < -0.39 is 0 Å². The van der Waals surface area contributed by atoms with Gasteiger partial charge in [-0.1, -0.05) is 96.1 Å². The van der Waals surface area contributed by atoms with Crippen LogP contribution in [0.1, 0.15) is 33.4 Å². The standard InChI is InChI=1S/C28H24N2/c1-21-3-7-23(8-4-21)11-13-25-15-17-27(29-19-25)28-18-16-26(20-30-28)14-12-24-9-5-22(2)6-10-24/h3-20H,1-2H3. The maximum Gasteiger partial charge on any atom is 0.0886 e. The van der Waals surface area contributed by atoms with Crippen LogP contribution in [0, 0.1) is 13.8 Å². The minimum Gasteiger partial charge on any atom is -0.254 e. The summed E-state index contributed by atoms with van der Waals surface area (Å²) in [7, 11) is 0. The van der Waals surface area contributed by atoms with Crippen LogP contribution in [0.3, 0.4) is 0 Å². The number of rotatable bonds is 5. The molecule has 0 amide bonds. The van der Waals surface area contributed by atoms with E-state index in [1.54, 1.807) is 0 Å². The molecule has 2 heterocycles. The molecule has 0 saturated heterocycles. The SMILES string of the molecule is Cc1ccc(C=Cc2ccc(-c3ccc(C=Cc4ccc(C)cc4)cn3)nc2)cc1. The Hall–Kier alpha value is -3.78. The lowest BCUT2D eigenvalue weighted by Gasteiger charge is -2.02. The lowest BCUT2D eigenvalue weighted by molar-refractivity contribution is 1.24. The molecule has 0 unspecified atom stereocenters. The van der Waals surface area contributed by atoms with E-state index in [1.807, 2.05) is 24.5 Å². The van der Waals surface area contributed by atoms with Crippen molar-refractivity contribution >= 4 is 24.3 Å². The van der Waals surface area contributed by atoms with Crippen molar-refractivity contribution in [3.8, 4) is 11.4 Å². The van der Waals surface area contributed by atoms with E-state index in [1.165, 1.54) is 22.3 Å². The van der Waals surface area contributed by atoms with Crippen molar-refractivity contribution in [2.75, 3.05) is 0 Å². The molecule has 146 valence electrons. The number of hydrogen-bond donors (Lipinski definition) is 0. The molecule has 4 rings (SSSR count). The van der Waals surface area contributed by atoms with Crippen molar-refractivity contribution < 1.29 is 0 Å². The zero-order valence-corrected chi connectivity index (χ0v) is 17.3. The van der Waals surface area contributed by atoms with Crippen LogP contribution in [0.2, 0.25) is 0 Å². The van der Waals surface area contributed by atoms with Crippen LogP contribution in [0.5, 0.6) is 0 Å². The summed E-state index contributed by atoms with van der Waals surface area (Å²) >= 11 is 0. The zero-order valence-electron chi connectivity index (χ0n) is 17.3. The average Bonchev–Trinajstić information content (AvgIpc) is 2.79. The van der Waals surface area contributed by atoms with Crippen LogP contribution in [0.25, 0.3) is 35.7 Å². The lowest BCUT2D eigenvalue weighted by Crippen LogP contribution is -1.88. The molecular formula is C28H24N2. The van der Waals surface area contributed by atoms with Crippen LogP contribution in [-0.4, -0.2) is 9.97 Å². The Labute approximate surface area is 178 Å². The van der Waals surface area contributed by atoms with E-state index in [0.717, 1.165) is 22.5 Å². The van der Waals surface area contributed by atoms with Crippen molar-refractivity contribution in [1.29, 1.82) is 0 Å². The quantitative estimate of drug-likeness (QED) is 0.364. The highest BCUT2D eigenvalue weighted by Crippen LogP contribution is 2.17. The predicted octanol–water partition coefficient (Wildman–Crippen LogP) is 7.10. The fraction of sp³-hybridized carbons (Fsp3) is 0.0714. The maximum atomic E-state index is 4.58. The molecule has 0 aliphatic rings. The number of aryl methyl sites for hydroxylation is 2. The molecule has 0 N–H and O–H groups in total. The third-order valence-electron chi connectivity index (χ3n) is 4.93. The van der Waals surface area contributed by atoms with E-state index in [2.05, 4.69) is 109 Å². The monoisotopic (exact) mass is 388 g/mol. The minimum absolute atomic E-state index is 0.872. The Balaban J connectivity index is 1.42. The second kappa shape index (κ2) is 9.15. The van der Waals surface area contributed by atoms with Crippen molar-refractivity contribution in [1.82, 2.24) is 9.97 Å². The van der Waals surface area contributed by atoms with Gasteiger partial charge < -0.3 is 0 Å². The first-order valence-electron chi connectivity index (χ1n) is 10.1. The highest BCUT2D eigenvalue weighted by Gasteiger charge is 2.01. The predicted molar refractivity (Wildman–Crippen MR) is 128 cm³/mol. The van der Waals surface area contributed by atoms with Crippen LogP contribution < -0.4 is 0 Å². The van der Waals surface area contributed by atoms with Crippen LogP contribution in [0.4, 0.5) is 0 Å². The van der Waals surface area contributed by atoms with Gasteiger partial charge in [-0.05, 0) is 48.2 Å². The van der Waals surface area contributed by atoms with E-state index >= 15 is 0 Å². The summed E-state index contributed by atoms with van der Waals surface area (Å²) in [5, 5.41) is 0. The normalized spacial score (nSPS) is 11.4. The molecule has 4 aromatic rings. The van der Waals surface area contributed by atoms with Gasteiger partial charge in [0.2, 0.25) is 0 Å². The topological polar surface area (TPSA) is 25.8 Å². The summed E-state index contributed by atoms with van der Waals surface area (Å²) in [6.45, 7) is 4.19. The number of hydrogen-bond acceptors (Lipinski definition) is 2. The first-order valence-corrected chi connectivity index (χ1v) is 10.1. The second-order valence-corrected chi connectivity index (χ2v) is 7.44. The molecule has 0 atom stereocenters. The van der Waals surface area contributed by atoms with Gasteiger partial charge in [-0.25, -0.2) is 0 Å². The molecule has 2 heteroatoms. The molecule has 0 bridgehead atoms. The van der Waals surface area contributed by atoms with E-state index in [-0.39, 0.29) is 0 Å². The molecule has 0 radical (unpaired) electrons. The van der Waals surface area contributed by atoms with Crippen molar-refractivity contribution in [2.45, 2.75) is 13.8 Å². The summed E-state index contributed by atoms with van der Waals surface area (Å²) in [5.74, 6) is 0. The summed E-state index contributed by atoms with van der Waals surface area (Å²) < 4.78 is 0. The highest BCUT2D eigenvalue weighted by molar-refractivity contribution is 5.71. The van der Waals surface area contributed by atoms with Gasteiger partial charge in [0.25, 0.3) is 0 Å². The number of aromatic nitrogens is 2. The maximum absolute atomic E-state index is 4.58. The summed E-state index contributed by atoms with van der Waals surface area (Å²) in [4.78, 5) is 9.15. The second-order valence-electron chi connectivity index (χ2n) is 7.44. The lowest BCUT2D eigenvalue weighted by atomic mass is 10.1. The Kier molecular flexibility index (Phi) is 5.95. The molecule has 0 aliphatic carbocycles. The van der Waals surface area contributed by atoms with Gasteiger partial charge in [-0.2, -0.15) is 0 Å². The largest absolute Gasteiger partial charge is 0.254 e. The molecule has 0 saturated carbocycles. The number of nitrogens with zero attached hydrogens (tertiary/aromatic N) is 2. The number of pyridine rings is 2. The van der Waals surface area contributed by atoms with E-state index in [4.69, 9.17) is 0 Å². The smallest absolute Gasteiger partial charge is 0.0886 e. The molecular weight excluding hydrogens is 364 g/mol. The Morgan fingerprint density at radius 1 is 0.433 bits per heavy atom. The van der Waals surface area contributed by atoms with Gasteiger partial charge in [0, 0.05) is 12.4 Å². The van der Waals surface area contributed by atoms with E-state index in [9.17, 15) is 0 Å². The van der Waals surface area contributed by atoms with Crippen molar-refractivity contribution in [2.24, 2.45) is 0 Å². The third-order valence-corrected chi connectivity index (χ3v) is 4.93. The van der Waals surface area contributed by atoms with Crippen molar-refractivity contribution in [3.05, 3.63) is 119 Å². The third kappa shape index (κ3) is 5.18. The Morgan fingerprint density at radius 2 is 0.767 bits per heavy atom. The summed E-state index contributed by atoms with van der Waals surface area (Å²) in [5.41, 5.74) is 8.77. The fourth-order valence-corrected chi connectivity index (χ4v) is 3.05. The van der Waals surface area contributed by atoms with Gasteiger partial charge in [0.15, 0.2) is 0 Å². The van der Waals surface area contributed by atoms with Gasteiger partial charge in [-0.3, -0.25) is 9.97 Å². The average molecular weight is 389 g/mol. The van der Waals surface area contributed by atoms with Crippen LogP contribution >= 0.6 is 0 Å². The van der Waals surface area contributed by atoms with E-state index in [0.29, 0.717) is 0 Å².